The summed E-state index contributed by atoms with van der Waals surface area (Å²) in [4.78, 5) is 21.3. The maximum absolute atomic E-state index is 11.0. The fourth-order valence-electron chi connectivity index (χ4n) is 1.86. The van der Waals surface area contributed by atoms with Gasteiger partial charge < -0.3 is 4.74 Å². The van der Waals surface area contributed by atoms with Gasteiger partial charge in [-0.25, -0.2) is 4.79 Å². The van der Waals surface area contributed by atoms with Gasteiger partial charge in [0.1, 0.15) is 6.10 Å². The molecule has 0 amide bonds. The lowest BCUT2D eigenvalue weighted by molar-refractivity contribution is -0.484. The summed E-state index contributed by atoms with van der Waals surface area (Å²) >= 11 is 0. The second-order valence-electron chi connectivity index (χ2n) is 3.79. The van der Waals surface area contributed by atoms with Crippen molar-refractivity contribution in [2.45, 2.75) is 12.0 Å². The summed E-state index contributed by atoms with van der Waals surface area (Å²) in [7, 11) is 0. The van der Waals surface area contributed by atoms with Crippen molar-refractivity contribution in [1.29, 1.82) is 0 Å². The number of carbonyl (C=O) groups is 1. The molecule has 5 nitrogen and oxygen atoms in total. The van der Waals surface area contributed by atoms with Gasteiger partial charge in [0.25, 0.3) is 0 Å². The van der Waals surface area contributed by atoms with Crippen LogP contribution in [0, 0.1) is 10.1 Å². The van der Waals surface area contributed by atoms with E-state index in [0.717, 1.165) is 5.56 Å². The van der Waals surface area contributed by atoms with Crippen LogP contribution in [0.25, 0.3) is 0 Å². The van der Waals surface area contributed by atoms with Crippen LogP contribution in [0.3, 0.4) is 0 Å². The third-order valence-electron chi connectivity index (χ3n) is 2.64. The van der Waals surface area contributed by atoms with Crippen LogP contribution < -0.4 is 0 Å². The third-order valence-corrected chi connectivity index (χ3v) is 2.64. The minimum absolute atomic E-state index is 0.258. The van der Waals surface area contributed by atoms with Crippen molar-refractivity contribution in [3.8, 4) is 0 Å². The molecule has 0 N–H and O–H groups in total. The minimum Gasteiger partial charge on any atom is -0.454 e. The second-order valence-corrected chi connectivity index (χ2v) is 3.79. The molecular formula is C12H11NO4. The molecule has 0 unspecified atom stereocenters. The van der Waals surface area contributed by atoms with Gasteiger partial charge in [-0.1, -0.05) is 30.3 Å². The van der Waals surface area contributed by atoms with Gasteiger partial charge in [-0.15, -0.1) is 0 Å². The van der Waals surface area contributed by atoms with Crippen LogP contribution in [0.4, 0.5) is 0 Å². The quantitative estimate of drug-likeness (QED) is 0.449. The number of hydrogen-bond donors (Lipinski definition) is 0. The molecule has 1 aliphatic rings. The van der Waals surface area contributed by atoms with Gasteiger partial charge in [0, 0.05) is 11.0 Å². The molecule has 0 saturated carbocycles. The highest BCUT2D eigenvalue weighted by molar-refractivity contribution is 5.84. The van der Waals surface area contributed by atoms with Gasteiger partial charge >= 0.3 is 5.97 Å². The average Bonchev–Trinajstić information content (AvgIpc) is 2.73. The number of carbonyl (C=O) groups excluding carboxylic acids is 1. The van der Waals surface area contributed by atoms with Crippen molar-refractivity contribution < 1.29 is 14.5 Å². The van der Waals surface area contributed by atoms with Crippen molar-refractivity contribution in [3.63, 3.8) is 0 Å². The van der Waals surface area contributed by atoms with Crippen LogP contribution in [0.1, 0.15) is 11.5 Å². The summed E-state index contributed by atoms with van der Waals surface area (Å²) < 4.78 is 5.02. The Morgan fingerprint density at radius 2 is 2.06 bits per heavy atom. The number of rotatable bonds is 4. The van der Waals surface area contributed by atoms with Gasteiger partial charge in [-0.3, -0.25) is 10.1 Å². The van der Waals surface area contributed by atoms with Gasteiger partial charge in [-0.2, -0.15) is 0 Å². The van der Waals surface area contributed by atoms with Crippen LogP contribution in [0.15, 0.2) is 42.5 Å². The lowest BCUT2D eigenvalue weighted by Crippen LogP contribution is -2.25. The topological polar surface area (TPSA) is 69.4 Å². The van der Waals surface area contributed by atoms with Crippen molar-refractivity contribution >= 4 is 5.97 Å². The zero-order valence-corrected chi connectivity index (χ0v) is 8.98. The molecule has 17 heavy (non-hydrogen) atoms. The maximum Gasteiger partial charge on any atom is 0.331 e. The molecule has 1 aliphatic heterocycles. The zero-order valence-electron chi connectivity index (χ0n) is 8.98. The SMILES string of the molecule is O=C1C=C[C@H]([C@H](C[N+](=O)[O-])c2ccccc2)O1. The van der Waals surface area contributed by atoms with E-state index < -0.39 is 22.9 Å². The Bertz CT molecular complexity index is 455. The Balaban J connectivity index is 2.23. The van der Waals surface area contributed by atoms with Gasteiger partial charge in [0.05, 0.1) is 5.92 Å². The molecule has 0 fully saturated rings. The first-order valence-electron chi connectivity index (χ1n) is 5.22. The van der Waals surface area contributed by atoms with Crippen LogP contribution >= 0.6 is 0 Å². The maximum atomic E-state index is 11.0. The van der Waals surface area contributed by atoms with Gasteiger partial charge in [-0.05, 0) is 11.6 Å². The van der Waals surface area contributed by atoms with Crippen molar-refractivity contribution in [1.82, 2.24) is 0 Å². The molecule has 5 heteroatoms. The predicted octanol–water partition coefficient (Wildman–Crippen LogP) is 1.53. The van der Waals surface area contributed by atoms with E-state index in [2.05, 4.69) is 0 Å². The zero-order chi connectivity index (χ0) is 12.3. The largest absolute Gasteiger partial charge is 0.454 e. The lowest BCUT2D eigenvalue weighted by atomic mass is 9.93. The number of benzene rings is 1. The fourth-order valence-corrected chi connectivity index (χ4v) is 1.86. The highest BCUT2D eigenvalue weighted by Gasteiger charge is 2.31. The summed E-state index contributed by atoms with van der Waals surface area (Å²) in [6.45, 7) is -0.258. The van der Waals surface area contributed by atoms with Crippen LogP contribution in [0.5, 0.6) is 0 Å². The van der Waals surface area contributed by atoms with Crippen LogP contribution in [-0.2, 0) is 9.53 Å². The van der Waals surface area contributed by atoms with Crippen molar-refractivity contribution in [2.24, 2.45) is 0 Å². The number of hydrogen-bond acceptors (Lipinski definition) is 4. The number of cyclic esters (lactones) is 1. The molecule has 0 radical (unpaired) electrons. The Hall–Kier alpha value is -2.17. The van der Waals surface area contributed by atoms with E-state index in [4.69, 9.17) is 4.74 Å². The molecule has 2 rings (SSSR count). The first kappa shape index (κ1) is 11.3. The fraction of sp³-hybridized carbons (Fsp3) is 0.250. The Labute approximate surface area is 97.9 Å². The number of nitro groups is 1. The molecule has 0 bridgehead atoms. The molecule has 88 valence electrons. The predicted molar refractivity (Wildman–Crippen MR) is 60.1 cm³/mol. The molecule has 0 spiro atoms. The Morgan fingerprint density at radius 3 is 2.59 bits per heavy atom. The van der Waals surface area contributed by atoms with Crippen LogP contribution in [0.2, 0.25) is 0 Å². The van der Waals surface area contributed by atoms with E-state index >= 15 is 0 Å². The Kier molecular flexibility index (Phi) is 3.18. The molecule has 1 aromatic carbocycles. The Morgan fingerprint density at radius 1 is 1.35 bits per heavy atom. The smallest absolute Gasteiger partial charge is 0.331 e. The van der Waals surface area contributed by atoms with Crippen molar-refractivity contribution in [3.05, 3.63) is 58.2 Å². The highest BCUT2D eigenvalue weighted by atomic mass is 16.6. The van der Waals surface area contributed by atoms with Gasteiger partial charge in [0.2, 0.25) is 6.54 Å². The standard InChI is InChI=1S/C12H11NO4/c14-12-7-6-11(17-12)10(8-13(15)16)9-4-2-1-3-5-9/h1-7,10-11H,8H2/t10-,11-/m1/s1. The number of esters is 1. The van der Waals surface area contributed by atoms with Crippen molar-refractivity contribution in [2.75, 3.05) is 6.54 Å². The molecule has 0 saturated heterocycles. The normalized spacial score (nSPS) is 20.0. The minimum atomic E-state index is -0.546. The van der Waals surface area contributed by atoms with E-state index in [0.29, 0.717) is 0 Å². The first-order valence-corrected chi connectivity index (χ1v) is 5.22. The molecular weight excluding hydrogens is 222 g/mol. The highest BCUT2D eigenvalue weighted by Crippen LogP contribution is 2.26. The van der Waals surface area contributed by atoms with E-state index in [1.54, 1.807) is 18.2 Å². The molecule has 2 atom stereocenters. The average molecular weight is 233 g/mol. The van der Waals surface area contributed by atoms with E-state index in [9.17, 15) is 14.9 Å². The van der Waals surface area contributed by atoms with Gasteiger partial charge in [0.15, 0.2) is 0 Å². The third kappa shape index (κ3) is 2.69. The summed E-state index contributed by atoms with van der Waals surface area (Å²) in [5.41, 5.74) is 0.800. The monoisotopic (exact) mass is 233 g/mol. The van der Waals surface area contributed by atoms with Crippen LogP contribution in [-0.4, -0.2) is 23.5 Å². The number of nitrogens with zero attached hydrogens (tertiary/aromatic N) is 1. The summed E-state index contributed by atoms with van der Waals surface area (Å²) in [6.07, 6.45) is 2.33. The lowest BCUT2D eigenvalue weighted by Gasteiger charge is -2.18. The molecule has 0 aromatic heterocycles. The van der Waals surface area contributed by atoms with E-state index in [-0.39, 0.29) is 6.54 Å². The first-order chi connectivity index (χ1) is 8.16. The van der Waals surface area contributed by atoms with E-state index in [1.807, 2.05) is 18.2 Å². The molecule has 0 aliphatic carbocycles. The second kappa shape index (κ2) is 4.78. The number of ether oxygens (including phenoxy) is 1. The molecule has 1 aromatic rings. The molecule has 1 heterocycles. The van der Waals surface area contributed by atoms with E-state index in [1.165, 1.54) is 6.08 Å². The summed E-state index contributed by atoms with van der Waals surface area (Å²) in [6, 6.07) is 9.05. The summed E-state index contributed by atoms with van der Waals surface area (Å²) in [5.74, 6) is -0.881. The summed E-state index contributed by atoms with van der Waals surface area (Å²) in [5, 5.41) is 10.7.